The van der Waals surface area contributed by atoms with Crippen LogP contribution < -0.4 is 5.32 Å². The fraction of sp³-hybridized carbons (Fsp3) is 0.815. The topological polar surface area (TPSA) is 95.9 Å². The van der Waals surface area contributed by atoms with Crippen LogP contribution in [0.1, 0.15) is 258 Å². The number of allylic oxidation sites excluding steroid dienone is 8. The van der Waals surface area contributed by atoms with E-state index in [4.69, 9.17) is 4.74 Å². The summed E-state index contributed by atoms with van der Waals surface area (Å²) >= 11 is 0. The molecule has 350 valence electrons. The van der Waals surface area contributed by atoms with Crippen LogP contribution in [-0.2, 0) is 14.3 Å². The van der Waals surface area contributed by atoms with Gasteiger partial charge >= 0.3 is 5.97 Å². The lowest BCUT2D eigenvalue weighted by Gasteiger charge is -2.24. The van der Waals surface area contributed by atoms with Gasteiger partial charge in [0.1, 0.15) is 6.10 Å². The minimum Gasteiger partial charge on any atom is -0.462 e. The molecule has 0 aromatic carbocycles. The molecule has 0 heterocycles. The molecule has 0 radical (unpaired) electrons. The summed E-state index contributed by atoms with van der Waals surface area (Å²) in [6.07, 6.45) is 57.5. The van der Waals surface area contributed by atoms with Crippen LogP contribution in [0.5, 0.6) is 0 Å². The fourth-order valence-electron chi connectivity index (χ4n) is 7.69. The van der Waals surface area contributed by atoms with Crippen molar-refractivity contribution in [2.24, 2.45) is 0 Å². The van der Waals surface area contributed by atoms with E-state index in [-0.39, 0.29) is 31.3 Å². The molecule has 3 N–H and O–H groups in total. The summed E-state index contributed by atoms with van der Waals surface area (Å²) in [6, 6.07) is -0.716. The predicted octanol–water partition coefficient (Wildman–Crippen LogP) is 15.5. The Morgan fingerprint density at radius 3 is 1.30 bits per heavy atom. The van der Waals surface area contributed by atoms with Crippen molar-refractivity contribution in [1.29, 1.82) is 0 Å². The highest BCUT2D eigenvalue weighted by Crippen LogP contribution is 2.17. The highest BCUT2D eigenvalue weighted by atomic mass is 16.5. The molecule has 0 spiro atoms. The van der Waals surface area contributed by atoms with Crippen molar-refractivity contribution in [1.82, 2.24) is 5.32 Å². The third kappa shape index (κ3) is 42.5. The second-order valence-electron chi connectivity index (χ2n) is 17.6. The average molecular weight is 842 g/mol. The molecular formula is C54H99NO5. The van der Waals surface area contributed by atoms with Crippen LogP contribution >= 0.6 is 0 Å². The zero-order valence-corrected chi connectivity index (χ0v) is 39.8. The summed E-state index contributed by atoms with van der Waals surface area (Å²) in [5, 5.41) is 23.7. The molecule has 0 saturated heterocycles. The molecule has 0 rings (SSSR count). The highest BCUT2D eigenvalue weighted by Gasteiger charge is 2.24. The number of hydrogen-bond acceptors (Lipinski definition) is 5. The van der Waals surface area contributed by atoms with Crippen molar-refractivity contribution < 1.29 is 24.5 Å². The van der Waals surface area contributed by atoms with Crippen LogP contribution in [0.2, 0.25) is 0 Å². The van der Waals surface area contributed by atoms with E-state index in [0.29, 0.717) is 19.3 Å². The number of amides is 1. The summed E-state index contributed by atoms with van der Waals surface area (Å²) in [5.74, 6) is -0.564. The van der Waals surface area contributed by atoms with E-state index < -0.39 is 18.2 Å². The van der Waals surface area contributed by atoms with Gasteiger partial charge in [-0.2, -0.15) is 0 Å². The molecule has 3 unspecified atom stereocenters. The van der Waals surface area contributed by atoms with E-state index in [1.165, 1.54) is 135 Å². The molecule has 6 heteroatoms. The number of esters is 1. The number of aliphatic hydroxyl groups is 2. The van der Waals surface area contributed by atoms with Gasteiger partial charge < -0.3 is 20.3 Å². The lowest BCUT2D eigenvalue weighted by molar-refractivity contribution is -0.150. The molecule has 0 aliphatic heterocycles. The normalized spacial score (nSPS) is 13.6. The van der Waals surface area contributed by atoms with Crippen LogP contribution in [-0.4, -0.2) is 46.9 Å². The zero-order valence-electron chi connectivity index (χ0n) is 39.8. The molecule has 3 atom stereocenters. The number of unbranched alkanes of at least 4 members (excludes halogenated alkanes) is 26. The first-order valence-electron chi connectivity index (χ1n) is 25.9. The lowest BCUT2D eigenvalue weighted by Crippen LogP contribution is -2.46. The first kappa shape index (κ1) is 57.8. The van der Waals surface area contributed by atoms with Crippen molar-refractivity contribution in [3.63, 3.8) is 0 Å². The summed E-state index contributed by atoms with van der Waals surface area (Å²) < 4.78 is 5.89. The maximum Gasteiger partial charge on any atom is 0.306 e. The molecule has 60 heavy (non-hydrogen) atoms. The molecule has 0 aliphatic rings. The molecule has 0 aliphatic carbocycles. The van der Waals surface area contributed by atoms with Gasteiger partial charge in [0.15, 0.2) is 0 Å². The number of carbonyl (C=O) groups excluding carboxylic acids is 2. The lowest BCUT2D eigenvalue weighted by atomic mass is 10.0. The van der Waals surface area contributed by atoms with Gasteiger partial charge in [0.2, 0.25) is 5.91 Å². The summed E-state index contributed by atoms with van der Waals surface area (Å²) in [5.41, 5.74) is 0. The summed E-state index contributed by atoms with van der Waals surface area (Å²) in [6.45, 7) is 6.44. The Hall–Kier alpha value is -2.18. The van der Waals surface area contributed by atoms with Gasteiger partial charge in [-0.15, -0.1) is 0 Å². The SMILES string of the molecule is CCCCC/C=C\C/C=C\CCCCCCCC(CC(=O)NC(CO)C(O)CCCCCCCCCCCCCCC)OC(=O)CC/C=C/C/C=C\CCCCCCCC. The van der Waals surface area contributed by atoms with Gasteiger partial charge in [-0.25, -0.2) is 0 Å². The Kier molecular flexibility index (Phi) is 46.1. The Balaban J connectivity index is 4.67. The molecule has 1 amide bonds. The minimum atomic E-state index is -0.799. The van der Waals surface area contributed by atoms with Crippen molar-refractivity contribution >= 4 is 11.9 Å². The van der Waals surface area contributed by atoms with E-state index in [1.807, 2.05) is 6.08 Å². The maximum atomic E-state index is 13.2. The van der Waals surface area contributed by atoms with Gasteiger partial charge in [-0.1, -0.05) is 217 Å². The summed E-state index contributed by atoms with van der Waals surface area (Å²) in [7, 11) is 0. The molecule has 0 bridgehead atoms. The highest BCUT2D eigenvalue weighted by molar-refractivity contribution is 5.77. The second-order valence-corrected chi connectivity index (χ2v) is 17.6. The Bertz CT molecular complexity index is 1040. The van der Waals surface area contributed by atoms with Gasteiger partial charge in [0.25, 0.3) is 0 Å². The molecule has 0 aromatic heterocycles. The molecule has 0 fully saturated rings. The monoisotopic (exact) mass is 842 g/mol. The minimum absolute atomic E-state index is 0.0464. The predicted molar refractivity (Wildman–Crippen MR) is 259 cm³/mol. The Morgan fingerprint density at radius 1 is 0.483 bits per heavy atom. The van der Waals surface area contributed by atoms with Crippen LogP contribution in [0.3, 0.4) is 0 Å². The van der Waals surface area contributed by atoms with E-state index in [1.54, 1.807) is 0 Å². The molecule has 0 saturated carbocycles. The average Bonchev–Trinajstić information content (AvgIpc) is 3.24. The zero-order chi connectivity index (χ0) is 43.8. The Labute approximate surface area is 372 Å². The standard InChI is InChI=1S/C54H99NO5/c1-4-7-10-13-16-19-22-25-26-29-30-33-36-39-42-45-50(60-54(59)47-44-41-38-35-32-28-24-21-18-15-12-9-6-3)48-53(58)55-51(49-56)52(57)46-43-40-37-34-31-27-23-20-17-14-11-8-5-2/h16,19,25-26,28,32,38,41,50-52,56-57H,4-15,17-18,20-24,27,29-31,33-37,39-40,42-49H2,1-3H3,(H,55,58)/b19-16-,26-25-,32-28-,41-38+. The number of hydrogen-bond donors (Lipinski definition) is 3. The van der Waals surface area contributed by atoms with Crippen molar-refractivity contribution in [2.45, 2.75) is 277 Å². The molecule has 0 aromatic rings. The van der Waals surface area contributed by atoms with Gasteiger partial charge in [0, 0.05) is 6.42 Å². The number of aliphatic hydroxyl groups excluding tert-OH is 2. The Morgan fingerprint density at radius 2 is 0.850 bits per heavy atom. The number of nitrogens with one attached hydrogen (secondary N) is 1. The van der Waals surface area contributed by atoms with Crippen LogP contribution in [0.15, 0.2) is 48.6 Å². The quantitative estimate of drug-likeness (QED) is 0.0322. The number of carbonyl (C=O) groups is 2. The van der Waals surface area contributed by atoms with Gasteiger partial charge in [0.05, 0.1) is 25.2 Å². The third-order valence-electron chi connectivity index (χ3n) is 11.6. The van der Waals surface area contributed by atoms with E-state index in [0.717, 1.165) is 70.6 Å². The van der Waals surface area contributed by atoms with Crippen LogP contribution in [0.25, 0.3) is 0 Å². The van der Waals surface area contributed by atoms with E-state index >= 15 is 0 Å². The summed E-state index contributed by atoms with van der Waals surface area (Å²) in [4.78, 5) is 26.1. The number of ether oxygens (including phenoxy) is 1. The van der Waals surface area contributed by atoms with Gasteiger partial charge in [-0.3, -0.25) is 9.59 Å². The van der Waals surface area contributed by atoms with Crippen LogP contribution in [0, 0.1) is 0 Å². The largest absolute Gasteiger partial charge is 0.462 e. The molecular weight excluding hydrogens is 743 g/mol. The van der Waals surface area contributed by atoms with Crippen molar-refractivity contribution in [2.75, 3.05) is 6.61 Å². The first-order chi connectivity index (χ1) is 29.5. The van der Waals surface area contributed by atoms with Crippen molar-refractivity contribution in [3.05, 3.63) is 48.6 Å². The smallest absolute Gasteiger partial charge is 0.306 e. The van der Waals surface area contributed by atoms with E-state index in [2.05, 4.69) is 68.6 Å². The van der Waals surface area contributed by atoms with Crippen molar-refractivity contribution in [3.8, 4) is 0 Å². The molecule has 6 nitrogen and oxygen atoms in total. The fourth-order valence-corrected chi connectivity index (χ4v) is 7.69. The first-order valence-corrected chi connectivity index (χ1v) is 25.9. The van der Waals surface area contributed by atoms with Crippen LogP contribution in [0.4, 0.5) is 0 Å². The number of rotatable bonds is 46. The second kappa shape index (κ2) is 47.9. The third-order valence-corrected chi connectivity index (χ3v) is 11.6. The van der Waals surface area contributed by atoms with E-state index in [9.17, 15) is 19.8 Å². The van der Waals surface area contributed by atoms with Gasteiger partial charge in [-0.05, 0) is 77.0 Å². The maximum absolute atomic E-state index is 13.2.